The predicted octanol–water partition coefficient (Wildman–Crippen LogP) is 19.4. The highest BCUT2D eigenvalue weighted by Gasteiger charge is 2.19. The van der Waals surface area contributed by atoms with Crippen molar-refractivity contribution in [3.05, 3.63) is 72.9 Å². The smallest absolute Gasteiger partial charge is 0.306 e. The van der Waals surface area contributed by atoms with Crippen LogP contribution in [-0.4, -0.2) is 37.2 Å². The Labute approximate surface area is 421 Å². The maximum absolute atomic E-state index is 12.9. The summed E-state index contributed by atoms with van der Waals surface area (Å²) in [5, 5.41) is 0. The van der Waals surface area contributed by atoms with Crippen molar-refractivity contribution in [1.82, 2.24) is 0 Å². The lowest BCUT2D eigenvalue weighted by Crippen LogP contribution is -2.30. The highest BCUT2D eigenvalue weighted by Crippen LogP contribution is 2.16. The predicted molar refractivity (Wildman–Crippen MR) is 293 cm³/mol. The molecule has 0 aromatic carbocycles. The second-order valence-corrected chi connectivity index (χ2v) is 19.2. The van der Waals surface area contributed by atoms with Crippen molar-refractivity contribution in [2.75, 3.05) is 13.2 Å². The Balaban J connectivity index is 4.45. The molecule has 0 rings (SSSR count). The Bertz CT molecular complexity index is 1270. The number of hydrogen-bond acceptors (Lipinski definition) is 6. The molecule has 392 valence electrons. The van der Waals surface area contributed by atoms with Gasteiger partial charge in [0.2, 0.25) is 0 Å². The van der Waals surface area contributed by atoms with E-state index in [1.54, 1.807) is 0 Å². The van der Waals surface area contributed by atoms with Gasteiger partial charge in [-0.1, -0.05) is 254 Å². The van der Waals surface area contributed by atoms with Crippen LogP contribution in [0.15, 0.2) is 72.9 Å². The zero-order valence-corrected chi connectivity index (χ0v) is 44.9. The standard InChI is InChI=1S/C62H108O6/c1-4-7-10-13-16-19-22-25-28-31-34-37-40-43-46-49-52-55-61(64)67-58-59(57-66-60(63)54-51-48-45-42-39-36-33-30-27-24-21-18-15-12-9-6-3)68-62(65)56-53-50-47-44-41-38-35-32-29-26-23-20-17-14-11-8-5-2/h7,10,16,19,25-26,28-29,34,37,43,46,59H,4-6,8-9,11-15,17-18,20-24,27,30-33,35-36,38-42,44-45,47-58H2,1-3H3/b10-7-,19-16-,28-25-,29-26-,37-34-,46-43-. The third-order valence-electron chi connectivity index (χ3n) is 12.4. The molecule has 1 unspecified atom stereocenters. The van der Waals surface area contributed by atoms with E-state index in [4.69, 9.17) is 14.2 Å². The van der Waals surface area contributed by atoms with Gasteiger partial charge < -0.3 is 14.2 Å². The Morgan fingerprint density at radius 1 is 0.309 bits per heavy atom. The summed E-state index contributed by atoms with van der Waals surface area (Å²) in [6.07, 6.45) is 71.8. The summed E-state index contributed by atoms with van der Waals surface area (Å²) < 4.78 is 16.8. The van der Waals surface area contributed by atoms with Crippen molar-refractivity contribution in [2.45, 2.75) is 290 Å². The van der Waals surface area contributed by atoms with Gasteiger partial charge in [-0.05, 0) is 83.5 Å². The third-order valence-corrected chi connectivity index (χ3v) is 12.4. The fraction of sp³-hybridized carbons (Fsp3) is 0.758. The van der Waals surface area contributed by atoms with Gasteiger partial charge in [-0.15, -0.1) is 0 Å². The zero-order chi connectivity index (χ0) is 49.3. The minimum absolute atomic E-state index is 0.0923. The Kier molecular flexibility index (Phi) is 53.8. The van der Waals surface area contributed by atoms with Crippen LogP contribution >= 0.6 is 0 Å². The summed E-state index contributed by atoms with van der Waals surface area (Å²) in [6, 6.07) is 0. The van der Waals surface area contributed by atoms with E-state index in [9.17, 15) is 14.4 Å². The first kappa shape index (κ1) is 64.8. The molecule has 6 nitrogen and oxygen atoms in total. The Morgan fingerprint density at radius 2 is 0.588 bits per heavy atom. The van der Waals surface area contributed by atoms with Crippen molar-refractivity contribution in [3.8, 4) is 0 Å². The van der Waals surface area contributed by atoms with Crippen LogP contribution in [0.3, 0.4) is 0 Å². The van der Waals surface area contributed by atoms with Gasteiger partial charge in [-0.25, -0.2) is 0 Å². The van der Waals surface area contributed by atoms with Gasteiger partial charge in [0.15, 0.2) is 6.10 Å². The van der Waals surface area contributed by atoms with E-state index < -0.39 is 6.10 Å². The number of rotatable bonds is 52. The van der Waals surface area contributed by atoms with E-state index in [0.29, 0.717) is 19.3 Å². The number of carbonyl (C=O) groups is 3. The average molecular weight is 950 g/mol. The van der Waals surface area contributed by atoms with Gasteiger partial charge in [-0.2, -0.15) is 0 Å². The van der Waals surface area contributed by atoms with E-state index in [1.807, 2.05) is 0 Å². The highest BCUT2D eigenvalue weighted by atomic mass is 16.6. The molecule has 0 heterocycles. The molecule has 0 aromatic heterocycles. The molecule has 0 fully saturated rings. The van der Waals surface area contributed by atoms with Crippen LogP contribution < -0.4 is 0 Å². The summed E-state index contributed by atoms with van der Waals surface area (Å²) in [5.41, 5.74) is 0. The molecular formula is C62H108O6. The van der Waals surface area contributed by atoms with Crippen molar-refractivity contribution in [2.24, 2.45) is 0 Å². The number of carbonyl (C=O) groups excluding carboxylic acids is 3. The van der Waals surface area contributed by atoms with Gasteiger partial charge in [0.1, 0.15) is 13.2 Å². The second-order valence-electron chi connectivity index (χ2n) is 19.2. The number of allylic oxidation sites excluding steroid dienone is 12. The number of ether oxygens (including phenoxy) is 3. The first-order valence-corrected chi connectivity index (χ1v) is 28.9. The highest BCUT2D eigenvalue weighted by molar-refractivity contribution is 5.71. The van der Waals surface area contributed by atoms with E-state index in [0.717, 1.165) is 77.0 Å². The van der Waals surface area contributed by atoms with E-state index in [1.165, 1.54) is 161 Å². The van der Waals surface area contributed by atoms with Crippen molar-refractivity contribution in [3.63, 3.8) is 0 Å². The van der Waals surface area contributed by atoms with Crippen molar-refractivity contribution in [1.29, 1.82) is 0 Å². The van der Waals surface area contributed by atoms with Crippen LogP contribution in [0.4, 0.5) is 0 Å². The molecule has 0 amide bonds. The minimum Gasteiger partial charge on any atom is -0.462 e. The maximum Gasteiger partial charge on any atom is 0.306 e. The largest absolute Gasteiger partial charge is 0.462 e. The fourth-order valence-electron chi connectivity index (χ4n) is 8.12. The topological polar surface area (TPSA) is 78.9 Å². The van der Waals surface area contributed by atoms with E-state index >= 15 is 0 Å². The van der Waals surface area contributed by atoms with Gasteiger partial charge in [-0.3, -0.25) is 14.4 Å². The summed E-state index contributed by atoms with van der Waals surface area (Å²) in [5.74, 6) is -0.947. The molecule has 0 aliphatic carbocycles. The van der Waals surface area contributed by atoms with Crippen molar-refractivity contribution < 1.29 is 28.6 Å². The van der Waals surface area contributed by atoms with Gasteiger partial charge in [0.05, 0.1) is 0 Å². The van der Waals surface area contributed by atoms with Crippen LogP contribution in [0.1, 0.15) is 284 Å². The van der Waals surface area contributed by atoms with E-state index in [-0.39, 0.29) is 37.5 Å². The molecule has 0 radical (unpaired) electrons. The van der Waals surface area contributed by atoms with Gasteiger partial charge >= 0.3 is 17.9 Å². The summed E-state index contributed by atoms with van der Waals surface area (Å²) in [4.78, 5) is 38.1. The molecular weight excluding hydrogens is 841 g/mol. The second kappa shape index (κ2) is 56.4. The summed E-state index contributed by atoms with van der Waals surface area (Å²) in [6.45, 7) is 6.50. The molecule has 0 N–H and O–H groups in total. The lowest BCUT2D eigenvalue weighted by Gasteiger charge is -2.18. The molecule has 68 heavy (non-hydrogen) atoms. The first-order chi connectivity index (χ1) is 33.5. The molecule has 6 heteroatoms. The lowest BCUT2D eigenvalue weighted by atomic mass is 10.0. The van der Waals surface area contributed by atoms with Gasteiger partial charge in [0, 0.05) is 19.3 Å². The van der Waals surface area contributed by atoms with Crippen LogP contribution in [0.5, 0.6) is 0 Å². The molecule has 0 aliphatic heterocycles. The summed E-state index contributed by atoms with van der Waals surface area (Å²) in [7, 11) is 0. The van der Waals surface area contributed by atoms with E-state index in [2.05, 4.69) is 93.7 Å². The molecule has 0 spiro atoms. The van der Waals surface area contributed by atoms with Crippen molar-refractivity contribution >= 4 is 17.9 Å². The normalized spacial score (nSPS) is 12.6. The quantitative estimate of drug-likeness (QED) is 0.0262. The number of esters is 3. The first-order valence-electron chi connectivity index (χ1n) is 28.9. The van der Waals surface area contributed by atoms with Crippen LogP contribution in [0.2, 0.25) is 0 Å². The Morgan fingerprint density at radius 3 is 0.971 bits per heavy atom. The molecule has 0 bridgehead atoms. The van der Waals surface area contributed by atoms with Crippen LogP contribution in [0.25, 0.3) is 0 Å². The lowest BCUT2D eigenvalue weighted by molar-refractivity contribution is -0.167. The zero-order valence-electron chi connectivity index (χ0n) is 44.9. The summed E-state index contributed by atoms with van der Waals surface area (Å²) >= 11 is 0. The maximum atomic E-state index is 12.9. The number of unbranched alkanes of at least 4 members (excludes halogenated alkanes) is 29. The molecule has 0 aliphatic rings. The van der Waals surface area contributed by atoms with Crippen LogP contribution in [-0.2, 0) is 28.6 Å². The third kappa shape index (κ3) is 53.8. The minimum atomic E-state index is -0.799. The molecule has 0 saturated heterocycles. The van der Waals surface area contributed by atoms with Gasteiger partial charge in [0.25, 0.3) is 0 Å². The molecule has 0 aromatic rings. The molecule has 1 atom stereocenters. The van der Waals surface area contributed by atoms with Crippen LogP contribution in [0, 0.1) is 0 Å². The fourth-order valence-corrected chi connectivity index (χ4v) is 8.12. The SMILES string of the molecule is CC/C=C\C/C=C\C/C=C\C/C=C\C/C=C\CCCC(=O)OCC(COC(=O)CCCCCCCCCCCCCCCCCC)OC(=O)CCCCCCCCC/C=C\CCCCCCCC. The number of hydrogen-bond donors (Lipinski definition) is 0. The molecule has 0 saturated carbocycles. The Hall–Kier alpha value is -3.15. The monoisotopic (exact) mass is 949 g/mol. The average Bonchev–Trinajstić information content (AvgIpc) is 3.34.